The van der Waals surface area contributed by atoms with Gasteiger partial charge in [-0.1, -0.05) is 44.9 Å². The summed E-state index contributed by atoms with van der Waals surface area (Å²) in [5.74, 6) is -1.71. The van der Waals surface area contributed by atoms with Gasteiger partial charge in [-0.25, -0.2) is 13.8 Å². The molecule has 2 atom stereocenters. The molecule has 0 fully saturated rings. The summed E-state index contributed by atoms with van der Waals surface area (Å²) in [5, 5.41) is 3.85. The van der Waals surface area contributed by atoms with Crippen molar-refractivity contribution >= 4 is 17.8 Å². The van der Waals surface area contributed by atoms with E-state index >= 15 is 0 Å². The van der Waals surface area contributed by atoms with E-state index in [9.17, 15) is 8.78 Å². The molecule has 0 spiro atoms. The fourth-order valence-electron chi connectivity index (χ4n) is 2.31. The quantitative estimate of drug-likeness (QED) is 0.471. The van der Waals surface area contributed by atoms with Gasteiger partial charge in [-0.05, 0) is 38.2 Å². The zero-order chi connectivity index (χ0) is 18.0. The molecule has 0 aromatic carbocycles. The summed E-state index contributed by atoms with van der Waals surface area (Å²) in [6, 6.07) is 0. The lowest BCUT2D eigenvalue weighted by molar-refractivity contribution is -0.0315. The van der Waals surface area contributed by atoms with Gasteiger partial charge >= 0.3 is 0 Å². The minimum Gasteiger partial charge on any atom is -0.370 e. The van der Waals surface area contributed by atoms with Crippen molar-refractivity contribution < 1.29 is 8.78 Å². The van der Waals surface area contributed by atoms with E-state index in [1.807, 2.05) is 34.6 Å². The topological polar surface area (TPSA) is 24.4 Å². The molecule has 5 heteroatoms. The fourth-order valence-corrected chi connectivity index (χ4v) is 2.36. The number of rotatable bonds is 10. The number of alkyl halides is 2. The summed E-state index contributed by atoms with van der Waals surface area (Å²) >= 11 is 5.92. The molecule has 0 saturated heterocycles. The summed E-state index contributed by atoms with van der Waals surface area (Å²) in [6.45, 7) is 11.9. The molecule has 134 valence electrons. The summed E-state index contributed by atoms with van der Waals surface area (Å²) in [4.78, 5) is 4.35. The van der Waals surface area contributed by atoms with E-state index < -0.39 is 5.92 Å². The van der Waals surface area contributed by atoms with Gasteiger partial charge in [-0.2, -0.15) is 0 Å². The monoisotopic (exact) mass is 348 g/mol. The Labute approximate surface area is 145 Å². The van der Waals surface area contributed by atoms with E-state index in [1.165, 1.54) is 6.92 Å². The predicted octanol–water partition coefficient (Wildman–Crippen LogP) is 6.14. The van der Waals surface area contributed by atoms with Crippen LogP contribution < -0.4 is 5.32 Å². The lowest BCUT2D eigenvalue weighted by atomic mass is 9.86. The molecular weight excluding hydrogens is 318 g/mol. The molecule has 1 N–H and O–H groups in total. The Hall–Kier alpha value is -0.900. The predicted molar refractivity (Wildman–Crippen MR) is 97.3 cm³/mol. The van der Waals surface area contributed by atoms with Crippen molar-refractivity contribution in [3.05, 3.63) is 22.5 Å². The first-order valence-corrected chi connectivity index (χ1v) is 8.69. The van der Waals surface area contributed by atoms with Crippen molar-refractivity contribution in [2.45, 2.75) is 66.7 Å². The Balaban J connectivity index is 4.80. The van der Waals surface area contributed by atoms with E-state index in [1.54, 1.807) is 12.3 Å². The van der Waals surface area contributed by atoms with Gasteiger partial charge in [0.1, 0.15) is 5.82 Å². The van der Waals surface area contributed by atoms with E-state index in [0.717, 1.165) is 17.8 Å². The van der Waals surface area contributed by atoms with Crippen LogP contribution >= 0.6 is 11.6 Å². The van der Waals surface area contributed by atoms with Gasteiger partial charge in [-0.3, -0.25) is 0 Å². The molecule has 23 heavy (non-hydrogen) atoms. The first-order chi connectivity index (χ1) is 10.7. The van der Waals surface area contributed by atoms with Gasteiger partial charge in [-0.15, -0.1) is 0 Å². The van der Waals surface area contributed by atoms with Crippen LogP contribution in [0.2, 0.25) is 0 Å². The van der Waals surface area contributed by atoms with Crippen molar-refractivity contribution in [1.29, 1.82) is 0 Å². The summed E-state index contributed by atoms with van der Waals surface area (Å²) in [7, 11) is 0. The minimum atomic E-state index is -2.58. The van der Waals surface area contributed by atoms with E-state index in [4.69, 9.17) is 11.6 Å². The van der Waals surface area contributed by atoms with Crippen LogP contribution in [0.15, 0.2) is 27.5 Å². The molecule has 0 radical (unpaired) electrons. The standard InChI is InChI=1S/C18H31ClF2N2/c1-7-15(14(6)10-18(20,21)9-3)11-22-17(13(4)5)23-12-16(19)8-2/h8,12,14-15,22H,7,9-11H2,1-6H3/b16-8+,23-12?. The second-order valence-corrected chi connectivity index (χ2v) is 6.66. The van der Waals surface area contributed by atoms with Gasteiger partial charge < -0.3 is 5.32 Å². The number of nitrogens with one attached hydrogen (secondary N) is 1. The second kappa shape index (κ2) is 10.8. The second-order valence-electron chi connectivity index (χ2n) is 6.22. The van der Waals surface area contributed by atoms with Gasteiger partial charge in [0.2, 0.25) is 5.92 Å². The van der Waals surface area contributed by atoms with E-state index in [2.05, 4.69) is 10.3 Å². The van der Waals surface area contributed by atoms with Gasteiger partial charge in [0.05, 0.1) is 5.03 Å². The zero-order valence-electron chi connectivity index (χ0n) is 15.2. The molecule has 0 heterocycles. The number of halogens is 3. The molecule has 0 amide bonds. The van der Waals surface area contributed by atoms with Crippen molar-refractivity contribution in [3.63, 3.8) is 0 Å². The molecule has 0 aliphatic heterocycles. The summed E-state index contributed by atoms with van der Waals surface area (Å²) < 4.78 is 27.2. The highest BCUT2D eigenvalue weighted by Crippen LogP contribution is 2.31. The molecule has 0 aromatic rings. The molecule has 2 unspecified atom stereocenters. The normalized spacial score (nSPS) is 15.6. The van der Waals surface area contributed by atoms with E-state index in [-0.39, 0.29) is 24.7 Å². The average molecular weight is 349 g/mol. The Morgan fingerprint density at radius 2 is 1.91 bits per heavy atom. The lowest BCUT2D eigenvalue weighted by Crippen LogP contribution is -2.30. The number of allylic oxidation sites excluding steroid dienone is 3. The summed E-state index contributed by atoms with van der Waals surface area (Å²) in [6.07, 6.45) is 4.03. The largest absolute Gasteiger partial charge is 0.370 e. The molecule has 0 aromatic heterocycles. The highest BCUT2D eigenvalue weighted by Gasteiger charge is 2.31. The van der Waals surface area contributed by atoms with Crippen LogP contribution in [0.3, 0.4) is 0 Å². The molecule has 0 aliphatic rings. The molecule has 0 saturated carbocycles. The van der Waals surface area contributed by atoms with Crippen molar-refractivity contribution in [2.75, 3.05) is 6.54 Å². The third-order valence-electron chi connectivity index (χ3n) is 4.07. The molecule has 0 rings (SSSR count). The SMILES string of the molecule is C/C=C(/Cl)C=NC(NCC(CC)C(C)CC(F)(F)CC)=C(C)C. The number of hydrogen-bond donors (Lipinski definition) is 1. The van der Waals surface area contributed by atoms with Crippen LogP contribution in [-0.2, 0) is 0 Å². The van der Waals surface area contributed by atoms with Gasteiger partial charge in [0, 0.05) is 25.6 Å². The average Bonchev–Trinajstić information content (AvgIpc) is 2.49. The molecular formula is C18H31ClF2N2. The first-order valence-electron chi connectivity index (χ1n) is 8.31. The summed E-state index contributed by atoms with van der Waals surface area (Å²) in [5.41, 5.74) is 1.03. The molecule has 2 nitrogen and oxygen atoms in total. The van der Waals surface area contributed by atoms with E-state index in [0.29, 0.717) is 11.6 Å². The Morgan fingerprint density at radius 3 is 2.35 bits per heavy atom. The fraction of sp³-hybridized carbons (Fsp3) is 0.722. The Morgan fingerprint density at radius 1 is 1.30 bits per heavy atom. The van der Waals surface area contributed by atoms with Crippen LogP contribution in [-0.4, -0.2) is 18.7 Å². The van der Waals surface area contributed by atoms with Crippen molar-refractivity contribution in [2.24, 2.45) is 16.8 Å². The van der Waals surface area contributed by atoms with Crippen molar-refractivity contribution in [3.8, 4) is 0 Å². The van der Waals surface area contributed by atoms with Crippen LogP contribution in [0.25, 0.3) is 0 Å². The third kappa shape index (κ3) is 9.09. The van der Waals surface area contributed by atoms with Crippen LogP contribution in [0.1, 0.15) is 60.8 Å². The van der Waals surface area contributed by atoms with Gasteiger partial charge in [0.15, 0.2) is 0 Å². The maximum atomic E-state index is 13.6. The van der Waals surface area contributed by atoms with Crippen LogP contribution in [0, 0.1) is 11.8 Å². The Kier molecular flexibility index (Phi) is 10.4. The molecule has 0 bridgehead atoms. The van der Waals surface area contributed by atoms with Gasteiger partial charge in [0.25, 0.3) is 0 Å². The lowest BCUT2D eigenvalue weighted by Gasteiger charge is -2.27. The number of hydrogen-bond acceptors (Lipinski definition) is 2. The number of nitrogens with zero attached hydrogens (tertiary/aromatic N) is 1. The van der Waals surface area contributed by atoms with Crippen LogP contribution in [0.4, 0.5) is 8.78 Å². The first kappa shape index (κ1) is 22.1. The van der Waals surface area contributed by atoms with Crippen LogP contribution in [0.5, 0.6) is 0 Å². The maximum Gasteiger partial charge on any atom is 0.248 e. The third-order valence-corrected chi connectivity index (χ3v) is 4.38. The maximum absolute atomic E-state index is 13.6. The Bertz CT molecular complexity index is 438. The smallest absolute Gasteiger partial charge is 0.248 e. The van der Waals surface area contributed by atoms with Crippen molar-refractivity contribution in [1.82, 2.24) is 5.32 Å². The highest BCUT2D eigenvalue weighted by molar-refractivity contribution is 6.39. The zero-order valence-corrected chi connectivity index (χ0v) is 16.0. The minimum absolute atomic E-state index is 0.0519. The number of aliphatic imine (C=N–C) groups is 1. The highest BCUT2D eigenvalue weighted by atomic mass is 35.5. The molecule has 0 aliphatic carbocycles.